The number of hydrogen-bond acceptors (Lipinski definition) is 8. The lowest BCUT2D eigenvalue weighted by Gasteiger charge is -2.33. The number of aromatic nitrogens is 1. The summed E-state index contributed by atoms with van der Waals surface area (Å²) in [6.45, 7) is 16.8. The molecule has 2 heterocycles. The van der Waals surface area contributed by atoms with Crippen LogP contribution in [-0.4, -0.2) is 70.8 Å². The summed E-state index contributed by atoms with van der Waals surface area (Å²) in [5.74, 6) is 0.00655. The molecule has 0 unspecified atom stereocenters. The van der Waals surface area contributed by atoms with E-state index in [9.17, 15) is 14.7 Å². The molecule has 0 bridgehead atoms. The van der Waals surface area contributed by atoms with Gasteiger partial charge in [-0.1, -0.05) is 65.8 Å². The molecule has 0 radical (unpaired) electrons. The molecule has 49 heavy (non-hydrogen) atoms. The van der Waals surface area contributed by atoms with Gasteiger partial charge in [0.1, 0.15) is 10.8 Å². The predicted octanol–water partition coefficient (Wildman–Crippen LogP) is 7.02. The van der Waals surface area contributed by atoms with Crippen molar-refractivity contribution in [3.8, 4) is 16.3 Å². The van der Waals surface area contributed by atoms with Gasteiger partial charge in [0, 0.05) is 66.2 Å². The van der Waals surface area contributed by atoms with E-state index in [1.165, 1.54) is 6.21 Å². The van der Waals surface area contributed by atoms with E-state index in [2.05, 4.69) is 83.9 Å². The summed E-state index contributed by atoms with van der Waals surface area (Å²) in [6.07, 6.45) is 1.54. The lowest BCUT2D eigenvalue weighted by atomic mass is 9.79. The molecule has 10 nitrogen and oxygen atoms in total. The Bertz CT molecular complexity index is 1770. The summed E-state index contributed by atoms with van der Waals surface area (Å²) in [7, 11) is 0. The first kappa shape index (κ1) is 35.7. The van der Waals surface area contributed by atoms with Crippen LogP contribution < -0.4 is 16.1 Å². The molecule has 0 saturated carbocycles. The topological polar surface area (TPSA) is 122 Å². The van der Waals surface area contributed by atoms with Crippen LogP contribution in [0.1, 0.15) is 63.9 Å². The number of piperazine rings is 1. The summed E-state index contributed by atoms with van der Waals surface area (Å²) >= 11 is 1.60. The van der Waals surface area contributed by atoms with Crippen LogP contribution in [0.25, 0.3) is 10.6 Å². The molecule has 11 heteroatoms. The Kier molecular flexibility index (Phi) is 11.2. The van der Waals surface area contributed by atoms with Gasteiger partial charge in [-0.15, -0.1) is 11.3 Å². The fourth-order valence-corrected chi connectivity index (χ4v) is 6.35. The molecule has 258 valence electrons. The number of carbonyl (C=O) groups excluding carboxylic acids is 2. The van der Waals surface area contributed by atoms with Crippen LogP contribution >= 0.6 is 11.3 Å². The van der Waals surface area contributed by atoms with Gasteiger partial charge in [-0.25, -0.2) is 15.2 Å². The molecule has 1 aliphatic rings. The number of nitrogens with one attached hydrogen (secondary N) is 3. The van der Waals surface area contributed by atoms with E-state index in [4.69, 9.17) is 4.98 Å². The first-order valence-corrected chi connectivity index (χ1v) is 17.4. The summed E-state index contributed by atoms with van der Waals surface area (Å²) < 4.78 is 0. The lowest BCUT2D eigenvalue weighted by Crippen LogP contribution is -2.48. The Morgan fingerprint density at radius 3 is 2.14 bits per heavy atom. The van der Waals surface area contributed by atoms with Gasteiger partial charge in [0.2, 0.25) is 0 Å². The molecule has 1 aromatic heterocycles. The fourth-order valence-electron chi connectivity index (χ4n) is 5.53. The summed E-state index contributed by atoms with van der Waals surface area (Å²) in [5.41, 5.74) is 8.29. The highest BCUT2D eigenvalue weighted by Gasteiger charge is 2.25. The van der Waals surface area contributed by atoms with Gasteiger partial charge in [-0.3, -0.25) is 14.6 Å². The number of benzene rings is 3. The third-order valence-electron chi connectivity index (χ3n) is 8.40. The van der Waals surface area contributed by atoms with Crippen LogP contribution in [-0.2, 0) is 22.2 Å². The van der Waals surface area contributed by atoms with E-state index in [0.29, 0.717) is 11.3 Å². The average Bonchev–Trinajstić information content (AvgIpc) is 3.51. The van der Waals surface area contributed by atoms with Crippen LogP contribution in [0.3, 0.4) is 0 Å². The van der Waals surface area contributed by atoms with Crippen molar-refractivity contribution in [2.24, 2.45) is 5.10 Å². The quantitative estimate of drug-likeness (QED) is 0.111. The van der Waals surface area contributed by atoms with Gasteiger partial charge in [0.05, 0.1) is 18.5 Å². The molecular formula is C38H47N7O3S. The number of phenols is 1. The zero-order chi connectivity index (χ0) is 35.2. The molecule has 1 fully saturated rings. The van der Waals surface area contributed by atoms with Gasteiger partial charge in [-0.05, 0) is 58.9 Å². The second kappa shape index (κ2) is 15.3. The lowest BCUT2D eigenvalue weighted by molar-refractivity contribution is -0.122. The van der Waals surface area contributed by atoms with Crippen molar-refractivity contribution in [2.75, 3.05) is 43.4 Å². The van der Waals surface area contributed by atoms with Gasteiger partial charge < -0.3 is 15.7 Å². The van der Waals surface area contributed by atoms with E-state index in [1.54, 1.807) is 11.3 Å². The molecule has 1 aliphatic heterocycles. The van der Waals surface area contributed by atoms with Gasteiger partial charge in [-0.2, -0.15) is 5.10 Å². The number of phenolic OH excluding ortho intramolecular Hbond substituents is 1. The summed E-state index contributed by atoms with van der Waals surface area (Å²) in [5, 5.41) is 23.9. The van der Waals surface area contributed by atoms with Crippen LogP contribution in [0.5, 0.6) is 5.75 Å². The van der Waals surface area contributed by atoms with Crippen LogP contribution in [0.4, 0.5) is 16.2 Å². The molecule has 4 N–H and O–H groups in total. The van der Waals surface area contributed by atoms with E-state index in [1.807, 2.05) is 60.7 Å². The summed E-state index contributed by atoms with van der Waals surface area (Å²) in [6, 6.07) is 20.7. The molecule has 1 saturated heterocycles. The molecule has 0 atom stereocenters. The van der Waals surface area contributed by atoms with Crippen molar-refractivity contribution < 1.29 is 14.7 Å². The number of aromatic hydroxyl groups is 1. The van der Waals surface area contributed by atoms with E-state index in [-0.39, 0.29) is 35.1 Å². The second-order valence-corrected chi connectivity index (χ2v) is 15.3. The fraction of sp³-hybridized carbons (Fsp3) is 0.368. The Hall–Kier alpha value is -4.58. The third kappa shape index (κ3) is 9.97. The number of nitrogens with zero attached hydrogens (tertiary/aromatic N) is 4. The minimum atomic E-state index is -0.293. The van der Waals surface area contributed by atoms with Crippen molar-refractivity contribution in [3.05, 3.63) is 94.5 Å². The van der Waals surface area contributed by atoms with Crippen LogP contribution in [0, 0.1) is 0 Å². The molecule has 3 aromatic carbocycles. The number of hydrogen-bond donors (Lipinski definition) is 4. The van der Waals surface area contributed by atoms with Crippen molar-refractivity contribution in [2.45, 2.75) is 58.9 Å². The summed E-state index contributed by atoms with van der Waals surface area (Å²) in [4.78, 5) is 34.4. The second-order valence-electron chi connectivity index (χ2n) is 14.5. The van der Waals surface area contributed by atoms with E-state index in [0.717, 1.165) is 65.8 Å². The number of anilines is 2. The number of para-hydroxylation sites is 1. The predicted molar refractivity (Wildman–Crippen MR) is 200 cm³/mol. The maximum absolute atomic E-state index is 12.7. The normalized spacial score (nSPS) is 14.6. The van der Waals surface area contributed by atoms with Gasteiger partial charge in [0.25, 0.3) is 5.91 Å². The monoisotopic (exact) mass is 681 g/mol. The van der Waals surface area contributed by atoms with Gasteiger partial charge in [0.15, 0.2) is 0 Å². The molecule has 4 aromatic rings. The zero-order valence-electron chi connectivity index (χ0n) is 29.2. The smallest absolute Gasteiger partial charge is 0.323 e. The Labute approximate surface area is 293 Å². The maximum Gasteiger partial charge on any atom is 0.323 e. The molecular weight excluding hydrogens is 635 g/mol. The zero-order valence-corrected chi connectivity index (χ0v) is 30.0. The Morgan fingerprint density at radius 2 is 1.51 bits per heavy atom. The molecule has 0 aliphatic carbocycles. The number of rotatable bonds is 9. The van der Waals surface area contributed by atoms with Crippen molar-refractivity contribution in [1.29, 1.82) is 0 Å². The standard InChI is InChI=1S/C38H47N7O3S/c1-37(2,3)28-20-27(34(47)32(21-28)38(4,5)6)22-39-43-33(46)24-45-18-16-44(17-19-45)23-31-25-49-35(40-31)26-12-14-30(15-13-26)42-36(48)41-29-10-8-7-9-11-29/h7-15,20-22,25,47H,16-19,23-24H2,1-6H3,(H,43,46)(H2,41,42,48)/b39-22+. The first-order valence-electron chi connectivity index (χ1n) is 16.6. The molecule has 3 amide bonds. The van der Waals surface area contributed by atoms with Crippen molar-refractivity contribution in [3.63, 3.8) is 0 Å². The highest BCUT2D eigenvalue weighted by molar-refractivity contribution is 7.13. The number of hydrazone groups is 1. The molecule has 0 spiro atoms. The van der Waals surface area contributed by atoms with Crippen molar-refractivity contribution >= 4 is 40.9 Å². The largest absolute Gasteiger partial charge is 0.507 e. The minimum Gasteiger partial charge on any atom is -0.507 e. The number of urea groups is 1. The number of carbonyl (C=O) groups is 2. The van der Waals surface area contributed by atoms with Gasteiger partial charge >= 0.3 is 6.03 Å². The van der Waals surface area contributed by atoms with E-state index >= 15 is 0 Å². The maximum atomic E-state index is 12.7. The third-order valence-corrected chi connectivity index (χ3v) is 9.34. The minimum absolute atomic E-state index is 0.0987. The SMILES string of the molecule is CC(C)(C)c1cc(/C=N/NC(=O)CN2CCN(Cc3csc(-c4ccc(NC(=O)Nc5ccccc5)cc4)n3)CC2)c(O)c(C(C)(C)C)c1. The van der Waals surface area contributed by atoms with Crippen molar-refractivity contribution in [1.82, 2.24) is 20.2 Å². The number of amides is 3. The van der Waals surface area contributed by atoms with E-state index < -0.39 is 0 Å². The highest BCUT2D eigenvalue weighted by atomic mass is 32.1. The number of thiazole rings is 1. The Morgan fingerprint density at radius 1 is 0.878 bits per heavy atom. The Balaban J connectivity index is 1.07. The highest BCUT2D eigenvalue weighted by Crippen LogP contribution is 2.37. The van der Waals surface area contributed by atoms with Crippen LogP contribution in [0.15, 0.2) is 77.2 Å². The molecule has 5 rings (SSSR count). The average molecular weight is 682 g/mol. The first-order chi connectivity index (χ1) is 23.2. The van der Waals surface area contributed by atoms with Crippen LogP contribution in [0.2, 0.25) is 0 Å².